The van der Waals surface area contributed by atoms with Gasteiger partial charge in [0.2, 0.25) is 0 Å². The average molecular weight is 859 g/mol. The van der Waals surface area contributed by atoms with E-state index in [1.165, 1.54) is 83.5 Å². The zero-order valence-corrected chi connectivity index (χ0v) is 40.3. The van der Waals surface area contributed by atoms with Crippen LogP contribution in [0, 0.1) is 0 Å². The molecule has 0 saturated carbocycles. The first-order chi connectivity index (χ1) is 30.6. The first-order valence-corrected chi connectivity index (χ1v) is 25.4. The van der Waals surface area contributed by atoms with Crippen LogP contribution in [-0.2, 0) is 23.8 Å². The summed E-state index contributed by atoms with van der Waals surface area (Å²) >= 11 is 0. The van der Waals surface area contributed by atoms with Gasteiger partial charge in [0.1, 0.15) is 6.61 Å². The smallest absolute Gasteiger partial charge is 0.310 e. The Bertz CT molecular complexity index is 1250. The second kappa shape index (κ2) is 51.9. The predicted octanol–water partition coefficient (Wildman–Crippen LogP) is 17.2. The zero-order valence-electron chi connectivity index (χ0n) is 40.3. The van der Waals surface area contributed by atoms with E-state index in [9.17, 15) is 9.59 Å². The number of hydrogen-bond acceptors (Lipinski definition) is 5. The lowest BCUT2D eigenvalue weighted by Gasteiger charge is -2.18. The summed E-state index contributed by atoms with van der Waals surface area (Å²) in [7, 11) is 0. The monoisotopic (exact) mass is 859 g/mol. The van der Waals surface area contributed by atoms with Crippen molar-refractivity contribution >= 4 is 11.9 Å². The molecule has 0 aliphatic heterocycles. The SMILES string of the molecule is CC/C=C\C/C=C\C/C=C\C/C=C\C/C=C\CC(=O)OC(COCCCCCCCCCCCCCC)COC(=O)CCCCCCCC/C=C\C/C=C\C/C=C\C/C=C\CC. The van der Waals surface area contributed by atoms with Crippen LogP contribution in [0.2, 0.25) is 0 Å². The molecule has 1 atom stereocenters. The molecular weight excluding hydrogens is 765 g/mol. The quantitative estimate of drug-likeness (QED) is 0.0347. The molecule has 1 unspecified atom stereocenters. The number of carbonyl (C=O) groups is 2. The highest BCUT2D eigenvalue weighted by Gasteiger charge is 2.17. The highest BCUT2D eigenvalue weighted by molar-refractivity contribution is 5.71. The minimum atomic E-state index is -0.600. The van der Waals surface area contributed by atoms with E-state index in [-0.39, 0.29) is 31.6 Å². The van der Waals surface area contributed by atoms with E-state index < -0.39 is 6.10 Å². The second-order valence-corrected chi connectivity index (χ2v) is 16.3. The van der Waals surface area contributed by atoms with Gasteiger partial charge in [-0.05, 0) is 83.5 Å². The summed E-state index contributed by atoms with van der Waals surface area (Å²) < 4.78 is 17.3. The molecule has 0 aliphatic rings. The van der Waals surface area contributed by atoms with Gasteiger partial charge in [-0.25, -0.2) is 0 Å². The molecule has 0 bridgehead atoms. The average Bonchev–Trinajstić information content (AvgIpc) is 3.27. The molecule has 0 fully saturated rings. The molecular formula is C57H94O5. The third kappa shape index (κ3) is 49.2. The number of hydrogen-bond donors (Lipinski definition) is 0. The van der Waals surface area contributed by atoms with Crippen LogP contribution in [0.4, 0.5) is 0 Å². The van der Waals surface area contributed by atoms with Gasteiger partial charge in [0.05, 0.1) is 13.0 Å². The van der Waals surface area contributed by atoms with Crippen molar-refractivity contribution in [2.45, 2.75) is 219 Å². The topological polar surface area (TPSA) is 61.8 Å². The molecule has 62 heavy (non-hydrogen) atoms. The fourth-order valence-electron chi connectivity index (χ4n) is 6.63. The van der Waals surface area contributed by atoms with Gasteiger partial charge in [-0.3, -0.25) is 9.59 Å². The molecule has 0 radical (unpaired) electrons. The zero-order chi connectivity index (χ0) is 44.9. The molecule has 0 N–H and O–H groups in total. The van der Waals surface area contributed by atoms with Crippen LogP contribution in [0.5, 0.6) is 0 Å². The van der Waals surface area contributed by atoms with Crippen molar-refractivity contribution in [1.29, 1.82) is 0 Å². The molecule has 5 nitrogen and oxygen atoms in total. The van der Waals surface area contributed by atoms with E-state index in [1.54, 1.807) is 0 Å². The summed E-state index contributed by atoms with van der Waals surface area (Å²) in [6.07, 6.45) is 71.2. The fraction of sp³-hybridized carbons (Fsp3) is 0.649. The Labute approximate surface area is 383 Å². The van der Waals surface area contributed by atoms with Crippen molar-refractivity contribution in [2.75, 3.05) is 19.8 Å². The van der Waals surface area contributed by atoms with Crippen LogP contribution < -0.4 is 0 Å². The van der Waals surface area contributed by atoms with Crippen molar-refractivity contribution in [1.82, 2.24) is 0 Å². The van der Waals surface area contributed by atoms with Gasteiger partial charge in [-0.15, -0.1) is 0 Å². The highest BCUT2D eigenvalue weighted by atomic mass is 16.6. The largest absolute Gasteiger partial charge is 0.462 e. The minimum absolute atomic E-state index is 0.0337. The number of esters is 2. The lowest BCUT2D eigenvalue weighted by Crippen LogP contribution is -2.29. The molecule has 0 aromatic carbocycles. The van der Waals surface area contributed by atoms with E-state index >= 15 is 0 Å². The number of unbranched alkanes of at least 4 members (excludes halogenated alkanes) is 17. The summed E-state index contributed by atoms with van der Waals surface area (Å²) in [5.41, 5.74) is 0. The minimum Gasteiger partial charge on any atom is -0.462 e. The van der Waals surface area contributed by atoms with Gasteiger partial charge in [-0.2, -0.15) is 0 Å². The molecule has 352 valence electrons. The van der Waals surface area contributed by atoms with Crippen molar-refractivity contribution < 1.29 is 23.8 Å². The van der Waals surface area contributed by atoms with Crippen molar-refractivity contribution in [3.63, 3.8) is 0 Å². The molecule has 0 rings (SSSR count). The van der Waals surface area contributed by atoms with Gasteiger partial charge >= 0.3 is 11.9 Å². The normalized spacial score (nSPS) is 13.1. The van der Waals surface area contributed by atoms with Crippen LogP contribution in [-0.4, -0.2) is 37.9 Å². The van der Waals surface area contributed by atoms with Gasteiger partial charge in [0.25, 0.3) is 0 Å². The van der Waals surface area contributed by atoms with E-state index in [0.29, 0.717) is 13.0 Å². The van der Waals surface area contributed by atoms with Gasteiger partial charge < -0.3 is 14.2 Å². The van der Waals surface area contributed by atoms with Crippen molar-refractivity contribution in [2.24, 2.45) is 0 Å². The number of carbonyl (C=O) groups excluding carboxylic acids is 2. The van der Waals surface area contributed by atoms with E-state index in [1.807, 2.05) is 12.2 Å². The van der Waals surface area contributed by atoms with E-state index in [4.69, 9.17) is 14.2 Å². The Morgan fingerprint density at radius 1 is 0.387 bits per heavy atom. The molecule has 0 aromatic heterocycles. The van der Waals surface area contributed by atoms with E-state index in [2.05, 4.69) is 118 Å². The maximum atomic E-state index is 12.7. The van der Waals surface area contributed by atoms with Crippen LogP contribution in [0.25, 0.3) is 0 Å². The summed E-state index contributed by atoms with van der Waals surface area (Å²) in [6, 6.07) is 0. The third-order valence-electron chi connectivity index (χ3n) is 10.3. The first kappa shape index (κ1) is 58.6. The Balaban J connectivity index is 4.40. The highest BCUT2D eigenvalue weighted by Crippen LogP contribution is 2.13. The summed E-state index contributed by atoms with van der Waals surface area (Å²) in [4.78, 5) is 25.3. The summed E-state index contributed by atoms with van der Waals surface area (Å²) in [6.45, 7) is 7.47. The molecule has 0 aromatic rings. The van der Waals surface area contributed by atoms with Crippen LogP contribution >= 0.6 is 0 Å². The number of rotatable bonds is 45. The number of ether oxygens (including phenoxy) is 3. The lowest BCUT2D eigenvalue weighted by atomic mass is 10.1. The molecule has 0 heterocycles. The standard InChI is InChI=1S/C57H94O5/c1-4-7-10-13-16-19-22-25-27-28-29-30-32-33-35-38-41-44-47-50-56(58)61-54-55(53-60-52-49-46-43-40-37-24-21-18-15-12-9-6-3)62-57(59)51-48-45-42-39-36-34-31-26-23-20-17-14-11-8-5-2/h7-8,10-11,16-17,19-20,25-27,29-31,36,39,45,48,55H,4-6,9,12-15,18,21-24,28,32-35,37-38,40-44,46-47,49-54H2,1-3H3/b10-7-,11-8-,19-16-,20-17-,27-25-,30-29-,31-26-,39-36-,48-45-. The Morgan fingerprint density at radius 3 is 1.24 bits per heavy atom. The molecule has 0 aliphatic carbocycles. The van der Waals surface area contributed by atoms with Gasteiger partial charge in [0, 0.05) is 13.0 Å². The van der Waals surface area contributed by atoms with Crippen molar-refractivity contribution in [3.05, 3.63) is 109 Å². The number of allylic oxidation sites excluding steroid dienone is 17. The molecule has 5 heteroatoms. The van der Waals surface area contributed by atoms with Crippen LogP contribution in [0.15, 0.2) is 109 Å². The first-order valence-electron chi connectivity index (χ1n) is 25.4. The Hall–Kier alpha value is -3.44. The Morgan fingerprint density at radius 2 is 0.774 bits per heavy atom. The van der Waals surface area contributed by atoms with Gasteiger partial charge in [-0.1, -0.05) is 226 Å². The maximum Gasteiger partial charge on any atom is 0.310 e. The molecule has 0 spiro atoms. The predicted molar refractivity (Wildman–Crippen MR) is 269 cm³/mol. The van der Waals surface area contributed by atoms with Crippen molar-refractivity contribution in [3.8, 4) is 0 Å². The lowest BCUT2D eigenvalue weighted by molar-refractivity contribution is -0.162. The fourth-order valence-corrected chi connectivity index (χ4v) is 6.63. The van der Waals surface area contributed by atoms with E-state index in [0.717, 1.165) is 96.3 Å². The summed E-state index contributed by atoms with van der Waals surface area (Å²) in [5, 5.41) is 0. The van der Waals surface area contributed by atoms with Crippen LogP contribution in [0.3, 0.4) is 0 Å². The van der Waals surface area contributed by atoms with Gasteiger partial charge in [0.15, 0.2) is 6.10 Å². The molecule has 0 amide bonds. The van der Waals surface area contributed by atoms with Crippen LogP contribution in [0.1, 0.15) is 213 Å². The molecule has 0 saturated heterocycles. The second-order valence-electron chi connectivity index (χ2n) is 16.3. The Kier molecular flexibility index (Phi) is 49.0. The third-order valence-corrected chi connectivity index (χ3v) is 10.3. The maximum absolute atomic E-state index is 12.7. The summed E-state index contributed by atoms with van der Waals surface area (Å²) in [5.74, 6) is -0.562.